The molecular weight excluding hydrogens is 332 g/mol. The van der Waals surface area contributed by atoms with Gasteiger partial charge in [-0.15, -0.1) is 0 Å². The molecule has 0 aliphatic rings. The molecule has 1 unspecified atom stereocenters. The van der Waals surface area contributed by atoms with Crippen molar-refractivity contribution in [1.82, 2.24) is 10.0 Å². The number of amides is 1. The van der Waals surface area contributed by atoms with Crippen LogP contribution in [-0.2, 0) is 14.8 Å². The van der Waals surface area contributed by atoms with Gasteiger partial charge in [-0.25, -0.2) is 17.9 Å². The number of hydrogen-bond donors (Lipinski definition) is 3. The Morgan fingerprint density at radius 1 is 1.41 bits per heavy atom. The fraction of sp³-hybridized carbons (Fsp3) is 0.462. The molecule has 124 valence electrons. The van der Waals surface area contributed by atoms with Gasteiger partial charge in [0.05, 0.1) is 12.3 Å². The van der Waals surface area contributed by atoms with Crippen molar-refractivity contribution < 1.29 is 23.1 Å². The molecule has 0 radical (unpaired) electrons. The van der Waals surface area contributed by atoms with E-state index in [1.807, 2.05) is 0 Å². The van der Waals surface area contributed by atoms with Crippen molar-refractivity contribution in [1.29, 1.82) is 0 Å². The number of nitrogens with one attached hydrogen (secondary N) is 2. The van der Waals surface area contributed by atoms with Crippen LogP contribution in [0.15, 0.2) is 24.3 Å². The number of aliphatic hydroxyl groups is 1. The molecule has 0 aliphatic heterocycles. The number of benzene rings is 1. The normalized spacial score (nSPS) is 13.5. The molecule has 1 amide bonds. The van der Waals surface area contributed by atoms with E-state index in [1.54, 1.807) is 24.3 Å². The third-order valence-electron chi connectivity index (χ3n) is 2.46. The highest BCUT2D eigenvalue weighted by Gasteiger charge is 2.23. The highest BCUT2D eigenvalue weighted by molar-refractivity contribution is 7.88. The first kappa shape index (κ1) is 18.7. The number of hydrogen-bond acceptors (Lipinski definition) is 5. The molecule has 0 bridgehead atoms. The van der Waals surface area contributed by atoms with Gasteiger partial charge in [-0.05, 0) is 11.6 Å². The molecule has 0 aliphatic carbocycles. The zero-order valence-corrected chi connectivity index (χ0v) is 14.0. The highest BCUT2D eigenvalue weighted by atomic mass is 35.5. The minimum absolute atomic E-state index is 0.108. The van der Waals surface area contributed by atoms with Crippen LogP contribution in [-0.4, -0.2) is 38.2 Å². The quantitative estimate of drug-likeness (QED) is 0.672. The van der Waals surface area contributed by atoms with Crippen LogP contribution in [0.4, 0.5) is 4.79 Å². The van der Waals surface area contributed by atoms with Gasteiger partial charge in [0.15, 0.2) is 0 Å². The van der Waals surface area contributed by atoms with E-state index < -0.39 is 27.9 Å². The fourth-order valence-electron chi connectivity index (χ4n) is 1.63. The Balaban J connectivity index is 2.92. The van der Waals surface area contributed by atoms with Gasteiger partial charge in [-0.1, -0.05) is 29.8 Å². The molecule has 9 heteroatoms. The third kappa shape index (κ3) is 7.08. The number of ether oxygens (including phenoxy) is 1. The maximum Gasteiger partial charge on any atom is 0.410 e. The van der Waals surface area contributed by atoms with E-state index in [9.17, 15) is 18.3 Å². The van der Waals surface area contributed by atoms with Crippen molar-refractivity contribution >= 4 is 27.7 Å². The molecule has 0 saturated heterocycles. The summed E-state index contributed by atoms with van der Waals surface area (Å²) in [6.45, 7) is 2.49. The Morgan fingerprint density at radius 3 is 2.50 bits per heavy atom. The van der Waals surface area contributed by atoms with Gasteiger partial charge in [-0.3, -0.25) is 0 Å². The first-order chi connectivity index (χ1) is 9.98. The average Bonchev–Trinajstić information content (AvgIpc) is 2.32. The van der Waals surface area contributed by atoms with Crippen LogP contribution >= 0.6 is 11.6 Å². The van der Waals surface area contributed by atoms with Crippen LogP contribution < -0.4 is 10.0 Å². The molecule has 1 atom stereocenters. The predicted octanol–water partition coefficient (Wildman–Crippen LogP) is 1.38. The van der Waals surface area contributed by atoms with Crippen LogP contribution in [0.25, 0.3) is 0 Å². The predicted molar refractivity (Wildman–Crippen MR) is 83.0 cm³/mol. The number of alkyl carbamates (subject to hydrolysis) is 1. The lowest BCUT2D eigenvalue weighted by atomic mass is 10.1. The number of rotatable bonds is 6. The lowest BCUT2D eigenvalue weighted by Crippen LogP contribution is -2.41. The van der Waals surface area contributed by atoms with E-state index in [2.05, 4.69) is 10.0 Å². The zero-order valence-electron chi connectivity index (χ0n) is 12.5. The smallest absolute Gasteiger partial charge is 0.410 e. The summed E-state index contributed by atoms with van der Waals surface area (Å²) >= 11 is 6.07. The summed E-state index contributed by atoms with van der Waals surface area (Å²) in [5, 5.41) is 12.3. The zero-order chi connectivity index (χ0) is 17.0. The molecule has 1 aromatic rings. The highest BCUT2D eigenvalue weighted by Crippen LogP contribution is 2.22. The maximum absolute atomic E-state index is 11.8. The Labute approximate surface area is 134 Å². The molecule has 0 fully saturated rings. The molecule has 0 heterocycles. The van der Waals surface area contributed by atoms with Gasteiger partial charge in [0.2, 0.25) is 15.8 Å². The third-order valence-corrected chi connectivity index (χ3v) is 3.50. The van der Waals surface area contributed by atoms with Crippen molar-refractivity contribution in [2.45, 2.75) is 25.7 Å². The second kappa shape index (κ2) is 7.28. The Morgan fingerprint density at radius 2 is 2.00 bits per heavy atom. The molecular formula is C13H19ClN2O5S. The van der Waals surface area contributed by atoms with Gasteiger partial charge in [0.1, 0.15) is 0 Å². The number of carbonyl (C=O) groups is 1. The van der Waals surface area contributed by atoms with Gasteiger partial charge in [0, 0.05) is 25.4 Å². The van der Waals surface area contributed by atoms with E-state index in [0.29, 0.717) is 10.6 Å². The van der Waals surface area contributed by atoms with E-state index in [0.717, 1.165) is 6.26 Å². The topological polar surface area (TPSA) is 105 Å². The van der Waals surface area contributed by atoms with E-state index in [-0.39, 0.29) is 6.54 Å². The summed E-state index contributed by atoms with van der Waals surface area (Å²) in [6, 6.07) is 5.94. The van der Waals surface area contributed by atoms with Gasteiger partial charge < -0.3 is 15.2 Å². The first-order valence-electron chi connectivity index (χ1n) is 6.39. The fourth-order valence-corrected chi connectivity index (χ4v) is 2.37. The largest absolute Gasteiger partial charge is 0.418 e. The summed E-state index contributed by atoms with van der Waals surface area (Å²) in [6.07, 6.45) is 0.110. The van der Waals surface area contributed by atoms with E-state index in [4.69, 9.17) is 16.3 Å². The minimum Gasteiger partial charge on any atom is -0.418 e. The van der Waals surface area contributed by atoms with Crippen LogP contribution in [0, 0.1) is 0 Å². The summed E-state index contributed by atoms with van der Waals surface area (Å²) in [7, 11) is -3.45. The standard InChI is InChI=1S/C13H19ClN2O5S/c1-13(2,18)21-12(17)16-11(8-15-22(3,19)20)9-6-4-5-7-10(9)14/h4-7,11,15,18H,8H2,1-3H3,(H,16,17). The van der Waals surface area contributed by atoms with Gasteiger partial charge >= 0.3 is 6.09 Å². The lowest BCUT2D eigenvalue weighted by molar-refractivity contribution is -0.131. The van der Waals surface area contributed by atoms with E-state index in [1.165, 1.54) is 13.8 Å². The summed E-state index contributed by atoms with van der Waals surface area (Å²) in [5.41, 5.74) is 0.521. The molecule has 1 rings (SSSR count). The molecule has 22 heavy (non-hydrogen) atoms. The van der Waals surface area contributed by atoms with Crippen LogP contribution in [0.3, 0.4) is 0 Å². The summed E-state index contributed by atoms with van der Waals surface area (Å²) in [4.78, 5) is 11.8. The lowest BCUT2D eigenvalue weighted by Gasteiger charge is -2.23. The molecule has 3 N–H and O–H groups in total. The Hall–Kier alpha value is -1.35. The molecule has 0 saturated carbocycles. The van der Waals surface area contributed by atoms with Crippen molar-refractivity contribution in [2.24, 2.45) is 0 Å². The van der Waals surface area contributed by atoms with Crippen molar-refractivity contribution in [3.8, 4) is 0 Å². The first-order valence-corrected chi connectivity index (χ1v) is 8.66. The van der Waals surface area contributed by atoms with Crippen LogP contribution in [0.2, 0.25) is 5.02 Å². The second-order valence-corrected chi connectivity index (χ2v) is 7.42. The SMILES string of the molecule is CC(C)(O)OC(=O)NC(CNS(C)(=O)=O)c1ccccc1Cl. The summed E-state index contributed by atoms with van der Waals surface area (Å²) in [5.74, 6) is -1.65. The Kier molecular flexibility index (Phi) is 6.18. The monoisotopic (exact) mass is 350 g/mol. The molecule has 0 spiro atoms. The average molecular weight is 351 g/mol. The van der Waals surface area contributed by atoms with Crippen LogP contribution in [0.5, 0.6) is 0 Å². The van der Waals surface area contributed by atoms with Crippen LogP contribution in [0.1, 0.15) is 25.5 Å². The summed E-state index contributed by atoms with van der Waals surface area (Å²) < 4.78 is 29.5. The number of halogens is 1. The second-order valence-electron chi connectivity index (χ2n) is 5.18. The van der Waals surface area contributed by atoms with Crippen molar-refractivity contribution in [2.75, 3.05) is 12.8 Å². The molecule has 7 nitrogen and oxygen atoms in total. The van der Waals surface area contributed by atoms with Gasteiger partial charge in [-0.2, -0.15) is 0 Å². The number of carbonyl (C=O) groups excluding carboxylic acids is 1. The minimum atomic E-state index is -3.45. The van der Waals surface area contributed by atoms with Crippen molar-refractivity contribution in [3.05, 3.63) is 34.9 Å². The van der Waals surface area contributed by atoms with Crippen molar-refractivity contribution in [3.63, 3.8) is 0 Å². The molecule has 0 aromatic heterocycles. The Bertz CT molecular complexity index is 628. The number of sulfonamides is 1. The maximum atomic E-state index is 11.8. The van der Waals surface area contributed by atoms with Gasteiger partial charge in [0.25, 0.3) is 0 Å². The molecule has 1 aromatic carbocycles. The van der Waals surface area contributed by atoms with E-state index >= 15 is 0 Å².